The van der Waals surface area contributed by atoms with Crippen molar-refractivity contribution in [2.75, 3.05) is 33.9 Å². The van der Waals surface area contributed by atoms with Crippen LogP contribution in [-0.4, -0.2) is 67.1 Å². The van der Waals surface area contributed by atoms with Crippen molar-refractivity contribution in [2.24, 2.45) is 0 Å². The zero-order valence-electron chi connectivity index (χ0n) is 25.8. The van der Waals surface area contributed by atoms with Crippen LogP contribution in [0.3, 0.4) is 0 Å². The van der Waals surface area contributed by atoms with E-state index in [4.69, 9.17) is 25.8 Å². The molecule has 9 heteroatoms. The third kappa shape index (κ3) is 6.42. The number of methoxy groups -OCH3 is 2. The van der Waals surface area contributed by atoms with Crippen LogP contribution in [0.4, 0.5) is 4.39 Å². The van der Waals surface area contributed by atoms with Crippen LogP contribution in [0.1, 0.15) is 58.3 Å². The Morgan fingerprint density at radius 3 is 2.30 bits per heavy atom. The van der Waals surface area contributed by atoms with E-state index >= 15 is 4.39 Å². The molecule has 2 heterocycles. The molecule has 44 heavy (non-hydrogen) atoms. The first-order valence-electron chi connectivity index (χ1n) is 15.1. The molecule has 0 aromatic heterocycles. The summed E-state index contributed by atoms with van der Waals surface area (Å²) in [6, 6.07) is 16.5. The highest BCUT2D eigenvalue weighted by atomic mass is 35.5. The molecule has 0 N–H and O–H groups in total. The molecule has 2 fully saturated rings. The van der Waals surface area contributed by atoms with Crippen molar-refractivity contribution < 1.29 is 28.2 Å². The van der Waals surface area contributed by atoms with Gasteiger partial charge in [0, 0.05) is 34.8 Å². The van der Waals surface area contributed by atoms with Gasteiger partial charge in [-0.2, -0.15) is 0 Å². The predicted molar refractivity (Wildman–Crippen MR) is 168 cm³/mol. The summed E-state index contributed by atoms with van der Waals surface area (Å²) >= 11 is 6.38. The highest BCUT2D eigenvalue weighted by Crippen LogP contribution is 2.43. The lowest BCUT2D eigenvalue weighted by Crippen LogP contribution is -2.58. The van der Waals surface area contributed by atoms with E-state index < -0.39 is 11.4 Å². The molecule has 1 unspecified atom stereocenters. The van der Waals surface area contributed by atoms with Gasteiger partial charge in [0.25, 0.3) is 5.91 Å². The average Bonchev–Trinajstić information content (AvgIpc) is 3.36. The molecule has 2 aliphatic rings. The van der Waals surface area contributed by atoms with Crippen molar-refractivity contribution >= 4 is 23.4 Å². The number of carbonyl (C=O) groups is 2. The Bertz CT molecular complexity index is 1480. The van der Waals surface area contributed by atoms with E-state index in [1.807, 2.05) is 66.1 Å². The van der Waals surface area contributed by atoms with Gasteiger partial charge in [0.05, 0.1) is 39.9 Å². The van der Waals surface area contributed by atoms with Crippen molar-refractivity contribution in [3.63, 3.8) is 0 Å². The van der Waals surface area contributed by atoms with E-state index in [1.165, 1.54) is 13.2 Å². The van der Waals surface area contributed by atoms with Crippen LogP contribution in [0.25, 0.3) is 0 Å². The monoisotopic (exact) mass is 622 g/mol. The third-order valence-corrected chi connectivity index (χ3v) is 9.45. The summed E-state index contributed by atoms with van der Waals surface area (Å²) in [6.07, 6.45) is 2.62. The van der Waals surface area contributed by atoms with Crippen LogP contribution in [0.2, 0.25) is 5.02 Å². The summed E-state index contributed by atoms with van der Waals surface area (Å²) in [6.45, 7) is 5.70. The molecule has 5 rings (SSSR count). The second-order valence-electron chi connectivity index (χ2n) is 11.8. The van der Waals surface area contributed by atoms with E-state index in [-0.39, 0.29) is 40.6 Å². The van der Waals surface area contributed by atoms with Gasteiger partial charge >= 0.3 is 0 Å². The average molecular weight is 623 g/mol. The molecule has 1 atom stereocenters. The van der Waals surface area contributed by atoms with E-state index in [0.29, 0.717) is 44.7 Å². The van der Waals surface area contributed by atoms with Crippen LogP contribution in [0.5, 0.6) is 11.5 Å². The summed E-state index contributed by atoms with van der Waals surface area (Å²) in [4.78, 5) is 31.5. The Hall–Kier alpha value is -3.62. The summed E-state index contributed by atoms with van der Waals surface area (Å²) in [5.74, 6) is -0.0215. The van der Waals surface area contributed by atoms with Gasteiger partial charge in [0.15, 0.2) is 11.6 Å². The molecular weight excluding hydrogens is 583 g/mol. The van der Waals surface area contributed by atoms with Gasteiger partial charge in [-0.25, -0.2) is 4.39 Å². The minimum atomic E-state index is -0.621. The lowest BCUT2D eigenvalue weighted by atomic mass is 9.84. The number of amides is 2. The molecule has 3 aromatic rings. The van der Waals surface area contributed by atoms with Gasteiger partial charge in [-0.3, -0.25) is 9.59 Å². The Morgan fingerprint density at radius 2 is 1.66 bits per heavy atom. The number of piperidine rings is 1. The Balaban J connectivity index is 1.35. The summed E-state index contributed by atoms with van der Waals surface area (Å²) < 4.78 is 32.0. The minimum Gasteiger partial charge on any atom is -0.496 e. The molecule has 0 bridgehead atoms. The van der Waals surface area contributed by atoms with Crippen LogP contribution >= 0.6 is 11.6 Å². The van der Waals surface area contributed by atoms with Gasteiger partial charge in [0.2, 0.25) is 5.91 Å². The van der Waals surface area contributed by atoms with Gasteiger partial charge in [-0.05, 0) is 80.5 Å². The summed E-state index contributed by atoms with van der Waals surface area (Å²) in [7, 11) is 3.02. The quantitative estimate of drug-likeness (QED) is 0.271. The molecule has 2 aliphatic heterocycles. The van der Waals surface area contributed by atoms with Gasteiger partial charge < -0.3 is 24.0 Å². The predicted octanol–water partition coefficient (Wildman–Crippen LogP) is 6.54. The number of aryl methyl sites for hydroxylation is 2. The topological polar surface area (TPSA) is 68.3 Å². The molecule has 7 nitrogen and oxygen atoms in total. The SMILES string of the molecule is COc1ccc(Cl)c(CC(=O)N2C(COCc3ccccc3)CCC23CCN(C(=O)c2cc(C)c(OC)c(C)c2)CC3)c1F. The largest absolute Gasteiger partial charge is 0.496 e. The highest BCUT2D eigenvalue weighted by molar-refractivity contribution is 6.31. The zero-order valence-corrected chi connectivity index (χ0v) is 26.6. The van der Waals surface area contributed by atoms with Gasteiger partial charge in [0.1, 0.15) is 5.75 Å². The third-order valence-electron chi connectivity index (χ3n) is 9.10. The number of halogens is 2. The molecule has 0 radical (unpaired) electrons. The maximum atomic E-state index is 15.3. The first kappa shape index (κ1) is 31.8. The Labute approximate surface area is 263 Å². The van der Waals surface area contributed by atoms with E-state index in [9.17, 15) is 9.59 Å². The van der Waals surface area contributed by atoms with Crippen LogP contribution in [-0.2, 0) is 22.6 Å². The van der Waals surface area contributed by atoms with Crippen molar-refractivity contribution in [2.45, 2.75) is 64.1 Å². The van der Waals surface area contributed by atoms with Crippen LogP contribution in [0, 0.1) is 19.7 Å². The Kier molecular flexibility index (Phi) is 9.81. The van der Waals surface area contributed by atoms with Crippen molar-refractivity contribution in [3.05, 3.63) is 93.3 Å². The lowest BCUT2D eigenvalue weighted by Gasteiger charge is -2.46. The number of hydrogen-bond donors (Lipinski definition) is 0. The maximum absolute atomic E-state index is 15.3. The summed E-state index contributed by atoms with van der Waals surface area (Å²) in [5, 5.41) is 0.187. The van der Waals surface area contributed by atoms with E-state index in [1.54, 1.807) is 13.2 Å². The molecule has 3 aromatic carbocycles. The zero-order chi connectivity index (χ0) is 31.4. The summed E-state index contributed by atoms with van der Waals surface area (Å²) in [5.41, 5.74) is 3.19. The second-order valence-corrected chi connectivity index (χ2v) is 12.2. The highest BCUT2D eigenvalue weighted by Gasteiger charge is 2.50. The number of rotatable bonds is 9. The number of hydrogen-bond acceptors (Lipinski definition) is 5. The van der Waals surface area contributed by atoms with E-state index in [2.05, 4.69) is 0 Å². The second kappa shape index (κ2) is 13.6. The fourth-order valence-corrected chi connectivity index (χ4v) is 7.13. The standard InChI is InChI=1S/C35H40ClFN2O5/c1-23-18-26(19-24(2)33(23)43-4)34(41)38-16-14-35(15-17-38)13-12-27(22-44-21-25-8-6-5-7-9-25)39(35)31(40)20-28-29(36)10-11-30(42-3)32(28)37/h5-11,18-19,27H,12-17,20-22H2,1-4H3. The first-order chi connectivity index (χ1) is 21.2. The smallest absolute Gasteiger partial charge is 0.253 e. The van der Waals surface area contributed by atoms with Crippen molar-refractivity contribution in [1.82, 2.24) is 9.80 Å². The van der Waals surface area contributed by atoms with Crippen molar-refractivity contribution in [1.29, 1.82) is 0 Å². The molecule has 0 aliphatic carbocycles. The molecule has 2 saturated heterocycles. The maximum Gasteiger partial charge on any atom is 0.253 e. The van der Waals surface area contributed by atoms with Gasteiger partial charge in [-0.1, -0.05) is 41.9 Å². The van der Waals surface area contributed by atoms with Gasteiger partial charge in [-0.15, -0.1) is 0 Å². The molecule has 234 valence electrons. The minimum absolute atomic E-state index is 0.0300. The Morgan fingerprint density at radius 1 is 0.977 bits per heavy atom. The number of benzene rings is 3. The van der Waals surface area contributed by atoms with Crippen LogP contribution in [0.15, 0.2) is 54.6 Å². The molecule has 2 amide bonds. The number of likely N-dealkylation sites (tertiary alicyclic amines) is 2. The normalized spacial score (nSPS) is 17.6. The lowest BCUT2D eigenvalue weighted by molar-refractivity contribution is -0.140. The molecule has 1 spiro atoms. The van der Waals surface area contributed by atoms with Crippen LogP contribution < -0.4 is 9.47 Å². The van der Waals surface area contributed by atoms with E-state index in [0.717, 1.165) is 35.3 Å². The fraction of sp³-hybridized carbons (Fsp3) is 0.429. The van der Waals surface area contributed by atoms with Crippen molar-refractivity contribution in [3.8, 4) is 11.5 Å². The molecular formula is C35H40ClFN2O5. The number of ether oxygens (including phenoxy) is 3. The molecule has 0 saturated carbocycles. The first-order valence-corrected chi connectivity index (χ1v) is 15.4. The number of carbonyl (C=O) groups excluding carboxylic acids is 2. The fourth-order valence-electron chi connectivity index (χ4n) is 6.91. The number of nitrogens with zero attached hydrogens (tertiary/aromatic N) is 2.